The summed E-state index contributed by atoms with van der Waals surface area (Å²) in [5, 5.41) is 2.23. The third kappa shape index (κ3) is 4.48. The van der Waals surface area contributed by atoms with Crippen molar-refractivity contribution in [2.24, 2.45) is 0 Å². The summed E-state index contributed by atoms with van der Waals surface area (Å²) < 4.78 is 39.3. The molecule has 0 radical (unpaired) electrons. The molecule has 1 aliphatic heterocycles. The molecule has 0 unspecified atom stereocenters. The number of carbonyl (C=O) groups is 2. The Bertz CT molecular complexity index is 877. The molecule has 0 bridgehead atoms. The first kappa shape index (κ1) is 19.8. The van der Waals surface area contributed by atoms with Crippen molar-refractivity contribution in [3.05, 3.63) is 59.4 Å². The Balaban J connectivity index is 1.77. The molecule has 148 valence electrons. The van der Waals surface area contributed by atoms with Crippen LogP contribution in [0.1, 0.15) is 26.5 Å². The molecule has 1 aromatic carbocycles. The van der Waals surface area contributed by atoms with Crippen LogP contribution >= 0.6 is 0 Å². The maximum absolute atomic E-state index is 13.1. The molecular formula is C19H19F3N4O2. The maximum atomic E-state index is 13.1. The molecule has 3 rings (SSSR count). The van der Waals surface area contributed by atoms with Gasteiger partial charge in [0.15, 0.2) is 0 Å². The van der Waals surface area contributed by atoms with Crippen LogP contribution in [0.5, 0.6) is 0 Å². The molecule has 0 saturated carbocycles. The number of amides is 2. The van der Waals surface area contributed by atoms with Gasteiger partial charge in [0, 0.05) is 26.2 Å². The molecular weight excluding hydrogens is 373 g/mol. The van der Waals surface area contributed by atoms with Crippen molar-refractivity contribution in [3.63, 3.8) is 0 Å². The van der Waals surface area contributed by atoms with Crippen LogP contribution in [0, 0.1) is 0 Å². The number of aromatic nitrogens is 1. The Morgan fingerprint density at radius 2 is 1.61 bits per heavy atom. The van der Waals surface area contributed by atoms with Gasteiger partial charge in [-0.05, 0) is 31.3 Å². The Morgan fingerprint density at radius 3 is 2.29 bits per heavy atom. The minimum Gasteiger partial charge on any atom is -0.335 e. The second-order valence-electron chi connectivity index (χ2n) is 6.50. The van der Waals surface area contributed by atoms with Crippen molar-refractivity contribution < 1.29 is 22.8 Å². The van der Waals surface area contributed by atoms with Crippen molar-refractivity contribution >= 4 is 17.5 Å². The van der Waals surface area contributed by atoms with Gasteiger partial charge >= 0.3 is 6.18 Å². The van der Waals surface area contributed by atoms with Crippen LogP contribution in [-0.4, -0.2) is 59.8 Å². The van der Waals surface area contributed by atoms with Gasteiger partial charge in [0.05, 0.1) is 11.3 Å². The van der Waals surface area contributed by atoms with E-state index in [1.54, 1.807) is 4.90 Å². The molecule has 0 aliphatic carbocycles. The van der Waals surface area contributed by atoms with Gasteiger partial charge in [0.2, 0.25) is 0 Å². The Labute approximate surface area is 160 Å². The monoisotopic (exact) mass is 392 g/mol. The fourth-order valence-corrected chi connectivity index (χ4v) is 2.88. The number of hydrogen-bond donors (Lipinski definition) is 1. The summed E-state index contributed by atoms with van der Waals surface area (Å²) in [6, 6.07) is 9.02. The smallest absolute Gasteiger partial charge is 0.335 e. The lowest BCUT2D eigenvalue weighted by Crippen LogP contribution is -2.47. The van der Waals surface area contributed by atoms with Crippen molar-refractivity contribution in [3.8, 4) is 0 Å². The van der Waals surface area contributed by atoms with E-state index < -0.39 is 17.6 Å². The lowest BCUT2D eigenvalue weighted by atomic mass is 10.1. The van der Waals surface area contributed by atoms with Crippen molar-refractivity contribution in [2.45, 2.75) is 6.18 Å². The predicted octanol–water partition coefficient (Wildman–Crippen LogP) is 2.74. The van der Waals surface area contributed by atoms with Gasteiger partial charge < -0.3 is 15.1 Å². The fraction of sp³-hybridized carbons (Fsp3) is 0.316. The highest BCUT2D eigenvalue weighted by atomic mass is 19.4. The molecule has 1 aromatic heterocycles. The molecule has 0 spiro atoms. The Morgan fingerprint density at radius 1 is 0.964 bits per heavy atom. The average Bonchev–Trinajstić information content (AvgIpc) is 2.68. The van der Waals surface area contributed by atoms with E-state index in [1.165, 1.54) is 36.4 Å². The lowest BCUT2D eigenvalue weighted by Gasteiger charge is -2.32. The third-order valence-electron chi connectivity index (χ3n) is 4.47. The number of halogens is 3. The highest BCUT2D eigenvalue weighted by molar-refractivity contribution is 6.04. The number of hydrogen-bond acceptors (Lipinski definition) is 4. The number of nitrogens with one attached hydrogen (secondary N) is 1. The Hall–Kier alpha value is -2.94. The largest absolute Gasteiger partial charge is 0.418 e. The van der Waals surface area contributed by atoms with Crippen LogP contribution in [0.3, 0.4) is 0 Å². The molecule has 1 aliphatic rings. The molecule has 1 fully saturated rings. The van der Waals surface area contributed by atoms with E-state index >= 15 is 0 Å². The number of alkyl halides is 3. The van der Waals surface area contributed by atoms with E-state index in [2.05, 4.69) is 15.2 Å². The highest BCUT2D eigenvalue weighted by Gasteiger charge is 2.33. The quantitative estimate of drug-likeness (QED) is 0.873. The molecule has 28 heavy (non-hydrogen) atoms. The number of para-hydroxylation sites is 1. The fourth-order valence-electron chi connectivity index (χ4n) is 2.88. The van der Waals surface area contributed by atoms with E-state index in [0.717, 1.165) is 19.2 Å². The van der Waals surface area contributed by atoms with Gasteiger partial charge in [-0.25, -0.2) is 4.98 Å². The number of nitrogens with zero attached hydrogens (tertiary/aromatic N) is 3. The molecule has 2 amide bonds. The summed E-state index contributed by atoms with van der Waals surface area (Å²) in [5.74, 6) is -1.12. The first-order chi connectivity index (χ1) is 13.3. The van der Waals surface area contributed by atoms with Gasteiger partial charge in [-0.3, -0.25) is 9.59 Å². The molecule has 2 heterocycles. The first-order valence-corrected chi connectivity index (χ1v) is 8.68. The summed E-state index contributed by atoms with van der Waals surface area (Å²) in [5.41, 5.74) is -1.36. The van der Waals surface area contributed by atoms with Crippen molar-refractivity contribution in [2.75, 3.05) is 38.5 Å². The zero-order valence-electron chi connectivity index (χ0n) is 15.2. The summed E-state index contributed by atoms with van der Waals surface area (Å²) in [6.07, 6.45) is -4.60. The van der Waals surface area contributed by atoms with Crippen molar-refractivity contribution in [1.82, 2.24) is 14.8 Å². The molecule has 1 saturated heterocycles. The highest BCUT2D eigenvalue weighted by Crippen LogP contribution is 2.34. The maximum Gasteiger partial charge on any atom is 0.418 e. The summed E-state index contributed by atoms with van der Waals surface area (Å²) in [4.78, 5) is 32.8. The van der Waals surface area contributed by atoms with Crippen LogP contribution in [0.15, 0.2) is 42.5 Å². The van der Waals surface area contributed by atoms with Crippen LogP contribution in [0.2, 0.25) is 0 Å². The van der Waals surface area contributed by atoms with Gasteiger partial charge in [0.25, 0.3) is 11.8 Å². The van der Waals surface area contributed by atoms with Gasteiger partial charge in [0.1, 0.15) is 11.4 Å². The van der Waals surface area contributed by atoms with Crippen LogP contribution in [0.25, 0.3) is 0 Å². The van der Waals surface area contributed by atoms with E-state index in [1.807, 2.05) is 7.05 Å². The second-order valence-corrected chi connectivity index (χ2v) is 6.50. The summed E-state index contributed by atoms with van der Waals surface area (Å²) in [6.45, 7) is 2.57. The molecule has 2 aromatic rings. The number of likely N-dealkylation sites (N-methyl/N-ethyl adjacent to an activating group) is 1. The van der Waals surface area contributed by atoms with Crippen LogP contribution < -0.4 is 5.32 Å². The van der Waals surface area contributed by atoms with Gasteiger partial charge in [-0.15, -0.1) is 0 Å². The summed E-state index contributed by atoms with van der Waals surface area (Å²) in [7, 11) is 1.96. The molecule has 1 N–H and O–H groups in total. The molecule has 0 atom stereocenters. The third-order valence-corrected chi connectivity index (χ3v) is 4.47. The van der Waals surface area contributed by atoms with E-state index in [9.17, 15) is 22.8 Å². The lowest BCUT2D eigenvalue weighted by molar-refractivity contribution is -0.136. The first-order valence-electron chi connectivity index (χ1n) is 8.68. The number of anilines is 1. The zero-order valence-corrected chi connectivity index (χ0v) is 15.2. The number of rotatable bonds is 3. The van der Waals surface area contributed by atoms with E-state index in [-0.39, 0.29) is 23.0 Å². The SMILES string of the molecule is CN1CCN(C(=O)c2cccc(C(=O)Nc3ccccc3C(F)(F)F)n2)CC1. The minimum absolute atomic E-state index is 0.0845. The second kappa shape index (κ2) is 7.97. The van der Waals surface area contributed by atoms with E-state index in [0.29, 0.717) is 13.1 Å². The van der Waals surface area contributed by atoms with Crippen molar-refractivity contribution in [1.29, 1.82) is 0 Å². The zero-order chi connectivity index (χ0) is 20.3. The molecule has 6 nitrogen and oxygen atoms in total. The predicted molar refractivity (Wildman–Crippen MR) is 97.0 cm³/mol. The van der Waals surface area contributed by atoms with Gasteiger partial charge in [-0.1, -0.05) is 18.2 Å². The van der Waals surface area contributed by atoms with Crippen LogP contribution in [0.4, 0.5) is 18.9 Å². The number of piperazine rings is 1. The number of pyridine rings is 1. The Kier molecular flexibility index (Phi) is 5.64. The number of benzene rings is 1. The number of carbonyl (C=O) groups excluding carboxylic acids is 2. The van der Waals surface area contributed by atoms with Gasteiger partial charge in [-0.2, -0.15) is 13.2 Å². The van der Waals surface area contributed by atoms with E-state index in [4.69, 9.17) is 0 Å². The topological polar surface area (TPSA) is 65.5 Å². The standard InChI is InChI=1S/C19H19F3N4O2/c1-25-9-11-26(12-10-25)18(28)16-8-4-7-15(23-16)17(27)24-14-6-3-2-5-13(14)19(20,21)22/h2-8H,9-12H2,1H3,(H,24,27). The molecule has 9 heteroatoms. The normalized spacial score (nSPS) is 15.4. The minimum atomic E-state index is -4.60. The average molecular weight is 392 g/mol. The summed E-state index contributed by atoms with van der Waals surface area (Å²) >= 11 is 0. The van der Waals surface area contributed by atoms with Crippen LogP contribution in [-0.2, 0) is 6.18 Å².